The number of morpholine rings is 1. The summed E-state index contributed by atoms with van der Waals surface area (Å²) >= 11 is 4.84. The van der Waals surface area contributed by atoms with Gasteiger partial charge in [0.05, 0.1) is 13.2 Å². The van der Waals surface area contributed by atoms with E-state index in [4.69, 9.17) is 17.6 Å². The van der Waals surface area contributed by atoms with Gasteiger partial charge in [0.15, 0.2) is 0 Å². The Hall–Kier alpha value is 0.270. The second-order valence-electron chi connectivity index (χ2n) is 1.54. The van der Waals surface area contributed by atoms with E-state index in [1.165, 1.54) is 0 Å². The molecule has 0 aromatic rings. The fraction of sp³-hybridized carbons (Fsp3) is 1.00. The molecule has 1 rings (SSSR count). The van der Waals surface area contributed by atoms with E-state index in [-0.39, 0.29) is 0 Å². The third-order valence-corrected chi connectivity index (χ3v) is 1.34. The van der Waals surface area contributed by atoms with Gasteiger partial charge in [0.2, 0.25) is 0 Å². The predicted molar refractivity (Wildman–Crippen MR) is 30.0 cm³/mol. The maximum atomic E-state index is 5.03. The van der Waals surface area contributed by atoms with Crippen molar-refractivity contribution >= 4 is 12.8 Å². The standard InChI is InChI=1S/C4H8NOS/c7-5-1-3-6-4-2-5/h1-4H2. The molecule has 0 aromatic carbocycles. The molecule has 0 atom stereocenters. The first-order chi connectivity index (χ1) is 3.39. The summed E-state index contributed by atoms with van der Waals surface area (Å²) in [6.07, 6.45) is 0. The summed E-state index contributed by atoms with van der Waals surface area (Å²) in [7, 11) is 0. The molecule has 2 nitrogen and oxygen atoms in total. The van der Waals surface area contributed by atoms with Crippen LogP contribution in [0.1, 0.15) is 0 Å². The molecule has 0 bridgehead atoms. The lowest BCUT2D eigenvalue weighted by Gasteiger charge is -2.18. The average Bonchev–Trinajstić information content (AvgIpc) is 1.69. The van der Waals surface area contributed by atoms with Crippen LogP contribution in [0.3, 0.4) is 0 Å². The topological polar surface area (TPSA) is 12.5 Å². The van der Waals surface area contributed by atoms with E-state index in [1.54, 1.807) is 0 Å². The molecule has 1 saturated heterocycles. The Morgan fingerprint density at radius 2 is 1.86 bits per heavy atom. The first-order valence-electron chi connectivity index (χ1n) is 2.39. The van der Waals surface area contributed by atoms with Crippen LogP contribution in [0.25, 0.3) is 0 Å². The highest BCUT2D eigenvalue weighted by Gasteiger charge is 2.04. The van der Waals surface area contributed by atoms with Crippen LogP contribution in [0.4, 0.5) is 0 Å². The lowest BCUT2D eigenvalue weighted by atomic mass is 10.5. The first-order valence-corrected chi connectivity index (χ1v) is 2.76. The molecule has 0 unspecified atom stereocenters. The molecule has 1 aliphatic rings. The zero-order valence-electron chi connectivity index (χ0n) is 4.09. The number of hydrogen-bond donors (Lipinski definition) is 0. The van der Waals surface area contributed by atoms with Crippen LogP contribution in [-0.2, 0) is 4.74 Å². The maximum absolute atomic E-state index is 5.03. The summed E-state index contributed by atoms with van der Waals surface area (Å²) in [5, 5.41) is 0. The second kappa shape index (κ2) is 2.55. The minimum Gasteiger partial charge on any atom is -0.379 e. The maximum Gasteiger partial charge on any atom is 0.0603 e. The summed E-state index contributed by atoms with van der Waals surface area (Å²) in [6.45, 7) is 3.44. The van der Waals surface area contributed by atoms with Gasteiger partial charge in [-0.3, -0.25) is 0 Å². The van der Waals surface area contributed by atoms with Crippen molar-refractivity contribution in [2.24, 2.45) is 0 Å². The first kappa shape index (κ1) is 5.41. The van der Waals surface area contributed by atoms with Gasteiger partial charge in [-0.2, -0.15) is 0 Å². The van der Waals surface area contributed by atoms with Gasteiger partial charge < -0.3 is 4.74 Å². The molecule has 7 heavy (non-hydrogen) atoms. The van der Waals surface area contributed by atoms with E-state index >= 15 is 0 Å². The zero-order chi connectivity index (χ0) is 5.11. The van der Waals surface area contributed by atoms with Gasteiger partial charge in [-0.15, -0.1) is 0 Å². The lowest BCUT2D eigenvalue weighted by Crippen LogP contribution is -2.28. The molecule has 1 radical (unpaired) electrons. The molecule has 1 fully saturated rings. The van der Waals surface area contributed by atoms with Crippen molar-refractivity contribution < 1.29 is 4.74 Å². The molecular formula is C4H8NOS. The van der Waals surface area contributed by atoms with Crippen LogP contribution in [0.2, 0.25) is 0 Å². The molecule has 41 valence electrons. The average molecular weight is 118 g/mol. The van der Waals surface area contributed by atoms with Gasteiger partial charge in [-0.05, 0) is 0 Å². The summed E-state index contributed by atoms with van der Waals surface area (Å²) in [6, 6.07) is 0. The molecule has 0 aromatic heterocycles. The van der Waals surface area contributed by atoms with Crippen molar-refractivity contribution in [3.63, 3.8) is 0 Å². The van der Waals surface area contributed by atoms with E-state index in [9.17, 15) is 0 Å². The lowest BCUT2D eigenvalue weighted by molar-refractivity contribution is 0.0781. The third kappa shape index (κ3) is 1.67. The molecule has 1 aliphatic heterocycles. The Morgan fingerprint density at radius 3 is 2.14 bits per heavy atom. The van der Waals surface area contributed by atoms with E-state index < -0.39 is 0 Å². The van der Waals surface area contributed by atoms with Crippen LogP contribution in [-0.4, -0.2) is 30.6 Å². The smallest absolute Gasteiger partial charge is 0.0603 e. The van der Waals surface area contributed by atoms with Crippen molar-refractivity contribution in [2.75, 3.05) is 26.3 Å². The van der Waals surface area contributed by atoms with Crippen molar-refractivity contribution in [1.82, 2.24) is 4.31 Å². The summed E-state index contributed by atoms with van der Waals surface area (Å²) in [4.78, 5) is 0. The Morgan fingerprint density at radius 1 is 1.29 bits per heavy atom. The van der Waals surface area contributed by atoms with Crippen LogP contribution < -0.4 is 0 Å². The van der Waals surface area contributed by atoms with Crippen LogP contribution in [0.5, 0.6) is 0 Å². The SMILES string of the molecule is [S]N1CCOCC1. The fourth-order valence-corrected chi connectivity index (χ4v) is 0.696. The van der Waals surface area contributed by atoms with Crippen molar-refractivity contribution in [2.45, 2.75) is 0 Å². The number of nitrogens with zero attached hydrogens (tertiary/aromatic N) is 1. The van der Waals surface area contributed by atoms with E-state index in [0.717, 1.165) is 26.3 Å². The van der Waals surface area contributed by atoms with Crippen LogP contribution in [0, 0.1) is 0 Å². The van der Waals surface area contributed by atoms with Crippen molar-refractivity contribution in [3.8, 4) is 0 Å². The number of ether oxygens (including phenoxy) is 1. The van der Waals surface area contributed by atoms with E-state index in [2.05, 4.69) is 0 Å². The van der Waals surface area contributed by atoms with Gasteiger partial charge in [0.25, 0.3) is 0 Å². The Balaban J connectivity index is 2.12. The van der Waals surface area contributed by atoms with Gasteiger partial charge in [-0.1, -0.05) is 0 Å². The minimum absolute atomic E-state index is 0.809. The second-order valence-corrected chi connectivity index (χ2v) is 2.06. The Bertz CT molecular complexity index is 53.7. The van der Waals surface area contributed by atoms with Gasteiger partial charge >= 0.3 is 0 Å². The molecule has 0 N–H and O–H groups in total. The monoisotopic (exact) mass is 118 g/mol. The van der Waals surface area contributed by atoms with Crippen LogP contribution >= 0.6 is 12.8 Å². The van der Waals surface area contributed by atoms with Gasteiger partial charge in [0, 0.05) is 25.9 Å². The Labute approximate surface area is 49.0 Å². The van der Waals surface area contributed by atoms with Crippen molar-refractivity contribution in [3.05, 3.63) is 0 Å². The highest BCUT2D eigenvalue weighted by molar-refractivity contribution is 7.77. The molecule has 3 heteroatoms. The van der Waals surface area contributed by atoms with Gasteiger partial charge in [-0.25, -0.2) is 4.31 Å². The molecule has 0 saturated carbocycles. The number of hydrogen-bond acceptors (Lipinski definition) is 2. The Kier molecular flexibility index (Phi) is 1.97. The molecular weight excluding hydrogens is 110 g/mol. The van der Waals surface area contributed by atoms with E-state index in [0.29, 0.717) is 0 Å². The fourth-order valence-electron chi connectivity index (χ4n) is 0.547. The quantitative estimate of drug-likeness (QED) is 0.457. The molecule has 1 heterocycles. The highest BCUT2D eigenvalue weighted by atomic mass is 32.1. The molecule has 0 aliphatic carbocycles. The van der Waals surface area contributed by atoms with Crippen LogP contribution in [0.15, 0.2) is 0 Å². The zero-order valence-corrected chi connectivity index (χ0v) is 4.91. The number of rotatable bonds is 0. The summed E-state index contributed by atoms with van der Waals surface area (Å²) in [5.74, 6) is 0. The predicted octanol–water partition coefficient (Wildman–Crippen LogP) is 0.431. The minimum atomic E-state index is 0.809. The van der Waals surface area contributed by atoms with Crippen molar-refractivity contribution in [1.29, 1.82) is 0 Å². The molecule has 0 amide bonds. The summed E-state index contributed by atoms with van der Waals surface area (Å²) in [5.41, 5.74) is 0. The van der Waals surface area contributed by atoms with E-state index in [1.807, 2.05) is 4.31 Å². The normalized spacial score (nSPS) is 25.3. The third-order valence-electron chi connectivity index (χ3n) is 0.970. The van der Waals surface area contributed by atoms with Gasteiger partial charge in [0.1, 0.15) is 0 Å². The summed E-state index contributed by atoms with van der Waals surface area (Å²) < 4.78 is 6.88. The largest absolute Gasteiger partial charge is 0.379 e. The molecule has 0 spiro atoms. The highest BCUT2D eigenvalue weighted by Crippen LogP contribution is 1.97.